The summed E-state index contributed by atoms with van der Waals surface area (Å²) in [6.07, 6.45) is 1.04. The smallest absolute Gasteiger partial charge is 0.189 e. The maximum atomic E-state index is 13.3. The highest BCUT2D eigenvalue weighted by Gasteiger charge is 2.09. The molecule has 1 aromatic heterocycles. The van der Waals surface area contributed by atoms with Crippen molar-refractivity contribution in [2.75, 3.05) is 6.54 Å². The number of H-pyrrole nitrogens is 1. The number of halogens is 1. The summed E-state index contributed by atoms with van der Waals surface area (Å²) in [5, 5.41) is 0.393. The predicted molar refractivity (Wildman–Crippen MR) is 100 cm³/mol. The number of aryl methyl sites for hydroxylation is 1. The summed E-state index contributed by atoms with van der Waals surface area (Å²) in [5.41, 5.74) is 3.89. The highest BCUT2D eigenvalue weighted by atomic mass is 19.1. The van der Waals surface area contributed by atoms with E-state index in [-0.39, 0.29) is 5.43 Å². The molecule has 0 saturated carbocycles. The number of benzene rings is 2. The molecule has 0 fully saturated rings. The summed E-state index contributed by atoms with van der Waals surface area (Å²) >= 11 is 0. The van der Waals surface area contributed by atoms with Gasteiger partial charge >= 0.3 is 0 Å². The zero-order valence-electron chi connectivity index (χ0n) is 14.7. The molecule has 3 aromatic rings. The second-order valence-corrected chi connectivity index (χ2v) is 6.54. The van der Waals surface area contributed by atoms with E-state index in [4.69, 9.17) is 0 Å². The summed E-state index contributed by atoms with van der Waals surface area (Å²) in [7, 11) is 0. The zero-order valence-corrected chi connectivity index (χ0v) is 14.7. The van der Waals surface area contributed by atoms with Crippen molar-refractivity contribution in [2.24, 2.45) is 0 Å². The fraction of sp³-hybridized carbons (Fsp3) is 0.286. The van der Waals surface area contributed by atoms with Crippen molar-refractivity contribution in [3.8, 4) is 0 Å². The number of hydrogen-bond acceptors (Lipinski definition) is 2. The summed E-state index contributed by atoms with van der Waals surface area (Å²) in [5.74, 6) is -0.391. The van der Waals surface area contributed by atoms with Crippen LogP contribution in [0.25, 0.3) is 10.9 Å². The topological polar surface area (TPSA) is 36.1 Å². The molecule has 0 atom stereocenters. The van der Waals surface area contributed by atoms with Gasteiger partial charge in [-0.05, 0) is 43.7 Å². The van der Waals surface area contributed by atoms with Gasteiger partial charge in [0.05, 0.1) is 0 Å². The Morgan fingerprint density at radius 2 is 1.80 bits per heavy atom. The molecule has 0 aliphatic carbocycles. The Morgan fingerprint density at radius 3 is 2.52 bits per heavy atom. The molecule has 1 N–H and O–H groups in total. The van der Waals surface area contributed by atoms with Crippen LogP contribution < -0.4 is 5.43 Å². The lowest BCUT2D eigenvalue weighted by atomic mass is 10.1. The second kappa shape index (κ2) is 7.62. The third-order valence-corrected chi connectivity index (χ3v) is 4.31. The standard InChI is InChI=1S/C21H23FN2O/c1-3-10-24(13-16-6-4-15(2)5-7-16)14-18-12-21(25)19-11-17(22)8-9-20(19)23-18/h4-9,11-12H,3,10,13-14H2,1-2H3,(H,23,25). The van der Waals surface area contributed by atoms with Crippen molar-refractivity contribution in [3.63, 3.8) is 0 Å². The van der Waals surface area contributed by atoms with Crippen LogP contribution in [0, 0.1) is 12.7 Å². The van der Waals surface area contributed by atoms with Crippen molar-refractivity contribution < 1.29 is 4.39 Å². The Kier molecular flexibility index (Phi) is 5.29. The van der Waals surface area contributed by atoms with Gasteiger partial charge in [-0.3, -0.25) is 9.69 Å². The Bertz CT molecular complexity index is 915. The molecule has 0 aliphatic rings. The Hall–Kier alpha value is -2.46. The lowest BCUT2D eigenvalue weighted by molar-refractivity contribution is 0.254. The largest absolute Gasteiger partial charge is 0.357 e. The summed E-state index contributed by atoms with van der Waals surface area (Å²) in [6, 6.07) is 14.4. The van der Waals surface area contributed by atoms with Crippen LogP contribution in [0.3, 0.4) is 0 Å². The lowest BCUT2D eigenvalue weighted by Gasteiger charge is -2.22. The monoisotopic (exact) mass is 338 g/mol. The van der Waals surface area contributed by atoms with E-state index < -0.39 is 5.82 Å². The van der Waals surface area contributed by atoms with Crippen molar-refractivity contribution in [1.29, 1.82) is 0 Å². The highest BCUT2D eigenvalue weighted by molar-refractivity contribution is 5.78. The number of aromatic amines is 1. The summed E-state index contributed by atoms with van der Waals surface area (Å²) in [4.78, 5) is 17.9. The molecule has 0 unspecified atom stereocenters. The third-order valence-electron chi connectivity index (χ3n) is 4.31. The molecule has 3 nitrogen and oxygen atoms in total. The van der Waals surface area contributed by atoms with Crippen molar-refractivity contribution >= 4 is 10.9 Å². The third kappa shape index (κ3) is 4.34. The van der Waals surface area contributed by atoms with Gasteiger partial charge in [0.25, 0.3) is 0 Å². The van der Waals surface area contributed by atoms with Crippen LogP contribution in [0.1, 0.15) is 30.2 Å². The Morgan fingerprint density at radius 1 is 1.04 bits per heavy atom. The number of pyridine rings is 1. The van der Waals surface area contributed by atoms with Crippen LogP contribution in [-0.4, -0.2) is 16.4 Å². The van der Waals surface area contributed by atoms with Gasteiger partial charge in [-0.25, -0.2) is 4.39 Å². The number of hydrogen-bond donors (Lipinski definition) is 1. The maximum absolute atomic E-state index is 13.3. The molecule has 1 heterocycles. The molecule has 0 radical (unpaired) electrons. The minimum atomic E-state index is -0.391. The first-order valence-electron chi connectivity index (χ1n) is 8.64. The molecular formula is C21H23FN2O. The minimum absolute atomic E-state index is 0.143. The van der Waals surface area contributed by atoms with E-state index in [9.17, 15) is 9.18 Å². The van der Waals surface area contributed by atoms with E-state index in [1.54, 1.807) is 12.1 Å². The minimum Gasteiger partial charge on any atom is -0.357 e. The molecule has 0 spiro atoms. The van der Waals surface area contributed by atoms with E-state index in [2.05, 4.69) is 48.0 Å². The Labute approximate surface area is 147 Å². The molecule has 0 bridgehead atoms. The normalized spacial score (nSPS) is 11.4. The van der Waals surface area contributed by atoms with Crippen LogP contribution in [0.4, 0.5) is 4.39 Å². The van der Waals surface area contributed by atoms with Gasteiger partial charge < -0.3 is 4.98 Å². The Balaban J connectivity index is 1.84. The predicted octanol–water partition coefficient (Wildman–Crippen LogP) is 4.39. The van der Waals surface area contributed by atoms with E-state index in [0.717, 1.165) is 25.2 Å². The first-order valence-corrected chi connectivity index (χ1v) is 8.64. The van der Waals surface area contributed by atoms with Gasteiger partial charge in [-0.1, -0.05) is 36.8 Å². The molecule has 4 heteroatoms. The SMILES string of the molecule is CCCN(Cc1ccc(C)cc1)Cc1cc(=O)c2cc(F)ccc2[nH]1. The van der Waals surface area contributed by atoms with Crippen molar-refractivity contribution in [1.82, 2.24) is 9.88 Å². The van der Waals surface area contributed by atoms with Crippen LogP contribution >= 0.6 is 0 Å². The van der Waals surface area contributed by atoms with Crippen molar-refractivity contribution in [3.05, 3.63) is 81.4 Å². The number of aromatic nitrogens is 1. The fourth-order valence-electron chi connectivity index (χ4n) is 3.08. The molecule has 0 saturated heterocycles. The average molecular weight is 338 g/mol. The summed E-state index contributed by atoms with van der Waals surface area (Å²) in [6.45, 7) is 6.66. The molecule has 3 rings (SSSR count). The van der Waals surface area contributed by atoms with E-state index >= 15 is 0 Å². The molecule has 2 aromatic carbocycles. The van der Waals surface area contributed by atoms with Gasteiger partial charge in [0.15, 0.2) is 5.43 Å². The van der Waals surface area contributed by atoms with Crippen LogP contribution in [0.2, 0.25) is 0 Å². The van der Waals surface area contributed by atoms with E-state index in [0.29, 0.717) is 17.4 Å². The number of fused-ring (bicyclic) bond motifs is 1. The lowest BCUT2D eigenvalue weighted by Crippen LogP contribution is -2.25. The van der Waals surface area contributed by atoms with Gasteiger partial charge in [0, 0.05) is 35.8 Å². The van der Waals surface area contributed by atoms with Gasteiger partial charge in [0.1, 0.15) is 5.82 Å². The van der Waals surface area contributed by atoms with Gasteiger partial charge in [-0.2, -0.15) is 0 Å². The zero-order chi connectivity index (χ0) is 17.8. The van der Waals surface area contributed by atoms with E-state index in [1.165, 1.54) is 23.3 Å². The number of rotatable bonds is 6. The maximum Gasteiger partial charge on any atom is 0.189 e. The second-order valence-electron chi connectivity index (χ2n) is 6.54. The van der Waals surface area contributed by atoms with Crippen LogP contribution in [-0.2, 0) is 13.1 Å². The van der Waals surface area contributed by atoms with Gasteiger partial charge in [0.2, 0.25) is 0 Å². The molecule has 0 amide bonds. The van der Waals surface area contributed by atoms with Crippen LogP contribution in [0.15, 0.2) is 53.3 Å². The first-order chi connectivity index (χ1) is 12.0. The van der Waals surface area contributed by atoms with Gasteiger partial charge in [-0.15, -0.1) is 0 Å². The molecular weight excluding hydrogens is 315 g/mol. The summed E-state index contributed by atoms with van der Waals surface area (Å²) < 4.78 is 13.3. The first kappa shape index (κ1) is 17.4. The van der Waals surface area contributed by atoms with E-state index in [1.807, 2.05) is 0 Å². The quantitative estimate of drug-likeness (QED) is 0.724. The molecule has 25 heavy (non-hydrogen) atoms. The molecule has 0 aliphatic heterocycles. The number of nitrogens with zero attached hydrogens (tertiary/aromatic N) is 1. The number of nitrogens with one attached hydrogen (secondary N) is 1. The molecule has 130 valence electrons. The van der Waals surface area contributed by atoms with Crippen molar-refractivity contribution in [2.45, 2.75) is 33.4 Å². The average Bonchev–Trinajstić information content (AvgIpc) is 2.58. The highest BCUT2D eigenvalue weighted by Crippen LogP contribution is 2.14. The van der Waals surface area contributed by atoms with Crippen LogP contribution in [0.5, 0.6) is 0 Å². The fourth-order valence-corrected chi connectivity index (χ4v) is 3.08.